The van der Waals surface area contributed by atoms with Crippen LogP contribution < -0.4 is 11.0 Å². The zero-order chi connectivity index (χ0) is 20.8. The number of carbonyl (C=O) groups excluding carboxylic acids is 2. The van der Waals surface area contributed by atoms with Crippen LogP contribution in [0.1, 0.15) is 37.3 Å². The van der Waals surface area contributed by atoms with Gasteiger partial charge in [0.25, 0.3) is 0 Å². The summed E-state index contributed by atoms with van der Waals surface area (Å²) >= 11 is 0. The molecule has 0 spiro atoms. The minimum Gasteiger partial charge on any atom is -0.433 e. The maximum absolute atomic E-state index is 12.2. The Hall–Kier alpha value is -2.74. The molecule has 1 aliphatic rings. The maximum atomic E-state index is 12.2. The van der Waals surface area contributed by atoms with Crippen molar-refractivity contribution >= 4 is 11.9 Å². The van der Waals surface area contributed by atoms with Crippen LogP contribution >= 0.6 is 0 Å². The molecular formula is C22H26N2O5. The number of hydrogen-bond donors (Lipinski definition) is 3. The Balaban J connectivity index is 1.57. The Morgan fingerprint density at radius 3 is 2.14 bits per heavy atom. The van der Waals surface area contributed by atoms with Gasteiger partial charge in [0.1, 0.15) is 6.61 Å². The number of rotatable bonds is 9. The summed E-state index contributed by atoms with van der Waals surface area (Å²) in [5, 5.41) is 8.80. The summed E-state index contributed by atoms with van der Waals surface area (Å²) < 4.78 is 10.3. The molecule has 3 N–H and O–H groups in total. The first kappa shape index (κ1) is 21.0. The first-order valence-corrected chi connectivity index (χ1v) is 9.66. The first-order chi connectivity index (χ1) is 14.0. The number of ether oxygens (including phenoxy) is 2. The van der Waals surface area contributed by atoms with Gasteiger partial charge in [-0.1, -0.05) is 62.4 Å². The van der Waals surface area contributed by atoms with E-state index in [1.165, 1.54) is 0 Å². The standard InChI is InChI=1S/C22H26N2O5/c1-14(2)11-20(23-24-27)21(25)13-29-22(26)28-12-19-17-9-5-3-7-15(17)16-8-4-6-10-18(16)19/h3-10,14,19-20,23-24,27H,11-13H2,1-2H3/t20-/m0/s1. The van der Waals surface area contributed by atoms with E-state index in [4.69, 9.17) is 14.7 Å². The van der Waals surface area contributed by atoms with E-state index in [0.29, 0.717) is 6.42 Å². The van der Waals surface area contributed by atoms with Gasteiger partial charge in [0.15, 0.2) is 12.4 Å². The average molecular weight is 398 g/mol. The van der Waals surface area contributed by atoms with Gasteiger partial charge in [-0.05, 0) is 34.6 Å². The van der Waals surface area contributed by atoms with E-state index in [9.17, 15) is 9.59 Å². The molecule has 154 valence electrons. The Labute approximate surface area is 170 Å². The summed E-state index contributed by atoms with van der Waals surface area (Å²) in [7, 11) is 0. The summed E-state index contributed by atoms with van der Waals surface area (Å²) in [6, 6.07) is 15.4. The lowest BCUT2D eigenvalue weighted by atomic mass is 9.98. The monoisotopic (exact) mass is 398 g/mol. The van der Waals surface area contributed by atoms with E-state index < -0.39 is 18.8 Å². The van der Waals surface area contributed by atoms with Crippen LogP contribution in [0.3, 0.4) is 0 Å². The van der Waals surface area contributed by atoms with Gasteiger partial charge in [-0.2, -0.15) is 0 Å². The minimum atomic E-state index is -0.888. The van der Waals surface area contributed by atoms with Gasteiger partial charge in [-0.15, -0.1) is 5.59 Å². The molecule has 0 aliphatic heterocycles. The highest BCUT2D eigenvalue weighted by atomic mass is 16.7. The van der Waals surface area contributed by atoms with Crippen LogP contribution in [-0.4, -0.2) is 36.4 Å². The third-order valence-electron chi connectivity index (χ3n) is 5.00. The fourth-order valence-electron chi connectivity index (χ4n) is 3.68. The zero-order valence-corrected chi connectivity index (χ0v) is 16.6. The van der Waals surface area contributed by atoms with E-state index >= 15 is 0 Å². The largest absolute Gasteiger partial charge is 0.508 e. The van der Waals surface area contributed by atoms with Crippen LogP contribution in [0.25, 0.3) is 11.1 Å². The van der Waals surface area contributed by atoms with Gasteiger partial charge in [-0.3, -0.25) is 4.79 Å². The van der Waals surface area contributed by atoms with Gasteiger partial charge in [-0.25, -0.2) is 10.2 Å². The molecule has 0 saturated carbocycles. The van der Waals surface area contributed by atoms with Gasteiger partial charge in [0, 0.05) is 5.92 Å². The van der Waals surface area contributed by atoms with Gasteiger partial charge < -0.3 is 14.7 Å². The summed E-state index contributed by atoms with van der Waals surface area (Å²) in [5.74, 6) is -0.201. The van der Waals surface area contributed by atoms with E-state index in [1.54, 1.807) is 5.59 Å². The number of nitrogens with one attached hydrogen (secondary N) is 2. The van der Waals surface area contributed by atoms with Crippen molar-refractivity contribution in [1.29, 1.82) is 0 Å². The Morgan fingerprint density at radius 1 is 1.00 bits per heavy atom. The molecule has 2 aromatic rings. The summed E-state index contributed by atoms with van der Waals surface area (Å²) in [4.78, 5) is 24.3. The summed E-state index contributed by atoms with van der Waals surface area (Å²) in [6.45, 7) is 3.60. The van der Waals surface area contributed by atoms with E-state index in [0.717, 1.165) is 22.3 Å². The fraction of sp³-hybridized carbons (Fsp3) is 0.364. The van der Waals surface area contributed by atoms with E-state index in [-0.39, 0.29) is 24.2 Å². The zero-order valence-electron chi connectivity index (χ0n) is 16.6. The molecule has 0 heterocycles. The van der Waals surface area contributed by atoms with Crippen molar-refractivity contribution in [3.63, 3.8) is 0 Å². The summed E-state index contributed by atoms with van der Waals surface area (Å²) in [6.07, 6.45) is -0.402. The molecule has 0 amide bonds. The maximum Gasteiger partial charge on any atom is 0.508 e. The molecule has 0 fully saturated rings. The second kappa shape index (κ2) is 9.65. The lowest BCUT2D eigenvalue weighted by molar-refractivity contribution is -0.126. The molecule has 7 heteroatoms. The quantitative estimate of drug-likeness (QED) is 0.440. The number of benzene rings is 2. The summed E-state index contributed by atoms with van der Waals surface area (Å²) in [5.41, 5.74) is 8.73. The molecule has 7 nitrogen and oxygen atoms in total. The third-order valence-corrected chi connectivity index (χ3v) is 5.00. The number of fused-ring (bicyclic) bond motifs is 3. The number of ketones is 1. The Morgan fingerprint density at radius 2 is 1.59 bits per heavy atom. The molecule has 2 aromatic carbocycles. The fourth-order valence-corrected chi connectivity index (χ4v) is 3.68. The average Bonchev–Trinajstić information content (AvgIpc) is 3.04. The molecular weight excluding hydrogens is 372 g/mol. The Bertz CT molecular complexity index is 822. The minimum absolute atomic E-state index is 0.0698. The second-order valence-corrected chi connectivity index (χ2v) is 7.48. The lowest BCUT2D eigenvalue weighted by Gasteiger charge is -2.18. The van der Waals surface area contributed by atoms with Crippen LogP contribution in [-0.2, 0) is 14.3 Å². The van der Waals surface area contributed by atoms with Gasteiger partial charge in [0.2, 0.25) is 0 Å². The number of Topliss-reactive ketones (excluding diaryl/α,β-unsaturated/α-hetero) is 1. The predicted octanol–water partition coefficient (Wildman–Crippen LogP) is 3.42. The molecule has 0 bridgehead atoms. The Kier molecular flexibility index (Phi) is 6.98. The second-order valence-electron chi connectivity index (χ2n) is 7.48. The smallest absolute Gasteiger partial charge is 0.433 e. The van der Waals surface area contributed by atoms with Crippen molar-refractivity contribution in [2.45, 2.75) is 32.2 Å². The van der Waals surface area contributed by atoms with Crippen molar-refractivity contribution in [2.24, 2.45) is 5.92 Å². The molecule has 1 aliphatic carbocycles. The first-order valence-electron chi connectivity index (χ1n) is 9.66. The van der Waals surface area contributed by atoms with Crippen molar-refractivity contribution in [3.05, 3.63) is 59.7 Å². The highest BCUT2D eigenvalue weighted by molar-refractivity contribution is 5.86. The van der Waals surface area contributed by atoms with Crippen molar-refractivity contribution in [1.82, 2.24) is 11.0 Å². The van der Waals surface area contributed by atoms with Crippen LogP contribution in [0.2, 0.25) is 0 Å². The van der Waals surface area contributed by atoms with E-state index in [2.05, 4.69) is 17.6 Å². The van der Waals surface area contributed by atoms with Crippen LogP contribution in [0.5, 0.6) is 0 Å². The topological polar surface area (TPSA) is 96.9 Å². The molecule has 0 saturated heterocycles. The number of hydrazine groups is 1. The molecule has 0 radical (unpaired) electrons. The van der Waals surface area contributed by atoms with Crippen molar-refractivity contribution in [3.8, 4) is 11.1 Å². The van der Waals surface area contributed by atoms with E-state index in [1.807, 2.05) is 50.2 Å². The highest BCUT2D eigenvalue weighted by Crippen LogP contribution is 2.44. The SMILES string of the molecule is CC(C)C[C@H](NNO)C(=O)COC(=O)OCC1c2ccccc2-c2ccccc21. The molecule has 0 unspecified atom stereocenters. The molecule has 0 aromatic heterocycles. The van der Waals surface area contributed by atoms with Crippen LogP contribution in [0.4, 0.5) is 4.79 Å². The van der Waals surface area contributed by atoms with Crippen molar-refractivity contribution in [2.75, 3.05) is 13.2 Å². The lowest BCUT2D eigenvalue weighted by Crippen LogP contribution is -2.46. The third kappa shape index (κ3) is 5.00. The number of hydrogen-bond acceptors (Lipinski definition) is 7. The van der Waals surface area contributed by atoms with Crippen LogP contribution in [0.15, 0.2) is 48.5 Å². The van der Waals surface area contributed by atoms with Gasteiger partial charge >= 0.3 is 6.16 Å². The molecule has 3 rings (SSSR count). The van der Waals surface area contributed by atoms with Gasteiger partial charge in [0.05, 0.1) is 6.04 Å². The highest BCUT2D eigenvalue weighted by Gasteiger charge is 2.29. The molecule has 29 heavy (non-hydrogen) atoms. The van der Waals surface area contributed by atoms with Crippen LogP contribution in [0, 0.1) is 5.92 Å². The predicted molar refractivity (Wildman–Crippen MR) is 107 cm³/mol. The normalized spacial score (nSPS) is 13.7. The number of carbonyl (C=O) groups is 2. The molecule has 1 atom stereocenters. The van der Waals surface area contributed by atoms with Crippen molar-refractivity contribution < 1.29 is 24.3 Å².